The van der Waals surface area contributed by atoms with E-state index in [0.29, 0.717) is 17.5 Å². The van der Waals surface area contributed by atoms with Crippen LogP contribution in [-0.2, 0) is 6.61 Å². The van der Waals surface area contributed by atoms with Crippen LogP contribution in [0.15, 0.2) is 30.3 Å². The fraction of sp³-hybridized carbons (Fsp3) is 0.231. The van der Waals surface area contributed by atoms with Crippen LogP contribution < -0.4 is 4.74 Å². The summed E-state index contributed by atoms with van der Waals surface area (Å²) >= 11 is 6.03. The molecule has 0 bridgehead atoms. The first kappa shape index (κ1) is 11.9. The summed E-state index contributed by atoms with van der Waals surface area (Å²) in [5, 5.41) is 8.67. The minimum atomic E-state index is 0.400. The van der Waals surface area contributed by atoms with E-state index in [4.69, 9.17) is 16.3 Å². The number of aryl methyl sites for hydroxylation is 2. The molecule has 0 fully saturated rings. The lowest BCUT2D eigenvalue weighted by Gasteiger charge is -2.07. The molecule has 17 heavy (non-hydrogen) atoms. The second kappa shape index (κ2) is 5.15. The molecule has 0 saturated carbocycles. The Hall–Kier alpha value is -1.61. The van der Waals surface area contributed by atoms with Crippen molar-refractivity contribution in [2.75, 3.05) is 0 Å². The molecule has 0 amide bonds. The lowest BCUT2D eigenvalue weighted by atomic mass is 10.2. The van der Waals surface area contributed by atoms with E-state index in [-0.39, 0.29) is 0 Å². The van der Waals surface area contributed by atoms with Gasteiger partial charge < -0.3 is 4.74 Å². The van der Waals surface area contributed by atoms with E-state index < -0.39 is 0 Å². The van der Waals surface area contributed by atoms with Crippen LogP contribution in [0.2, 0.25) is 5.02 Å². The predicted molar refractivity (Wildman–Crippen MR) is 67.3 cm³/mol. The van der Waals surface area contributed by atoms with Crippen molar-refractivity contribution < 1.29 is 4.74 Å². The van der Waals surface area contributed by atoms with Crippen molar-refractivity contribution >= 4 is 11.6 Å². The van der Waals surface area contributed by atoms with Gasteiger partial charge in [-0.3, -0.25) is 0 Å². The Morgan fingerprint density at radius 3 is 2.65 bits per heavy atom. The molecule has 2 aromatic rings. The molecule has 0 spiro atoms. The summed E-state index contributed by atoms with van der Waals surface area (Å²) < 4.78 is 5.55. The molecule has 0 aliphatic heterocycles. The Bertz CT molecular complexity index is 529. The molecule has 0 N–H and O–H groups in total. The van der Waals surface area contributed by atoms with E-state index in [0.717, 1.165) is 16.8 Å². The van der Waals surface area contributed by atoms with Crippen LogP contribution in [0.3, 0.4) is 0 Å². The van der Waals surface area contributed by atoms with Gasteiger partial charge in [0.15, 0.2) is 0 Å². The fourth-order valence-electron chi connectivity index (χ4n) is 1.36. The Morgan fingerprint density at radius 1 is 1.18 bits per heavy atom. The van der Waals surface area contributed by atoms with Crippen molar-refractivity contribution in [1.29, 1.82) is 0 Å². The molecular weight excluding hydrogens is 236 g/mol. The number of benzene rings is 1. The summed E-state index contributed by atoms with van der Waals surface area (Å²) in [5.74, 6) is 0.521. The maximum Gasteiger partial charge on any atom is 0.233 e. The Labute approximate surface area is 105 Å². The number of hydrogen-bond donors (Lipinski definition) is 0. The van der Waals surface area contributed by atoms with Crippen LogP contribution in [0.4, 0.5) is 0 Å². The maximum absolute atomic E-state index is 6.03. The third-order valence-corrected chi connectivity index (χ3v) is 2.91. The van der Waals surface area contributed by atoms with Crippen LogP contribution in [-0.4, -0.2) is 10.2 Å². The van der Waals surface area contributed by atoms with Gasteiger partial charge in [-0.15, -0.1) is 5.10 Å². The van der Waals surface area contributed by atoms with Gasteiger partial charge in [-0.1, -0.05) is 29.8 Å². The molecule has 1 aromatic carbocycles. The van der Waals surface area contributed by atoms with Crippen LogP contribution in [0, 0.1) is 13.8 Å². The molecule has 2 rings (SSSR count). The topological polar surface area (TPSA) is 35.0 Å². The summed E-state index contributed by atoms with van der Waals surface area (Å²) in [6, 6.07) is 9.46. The van der Waals surface area contributed by atoms with Gasteiger partial charge in [-0.05, 0) is 25.5 Å². The van der Waals surface area contributed by atoms with E-state index in [2.05, 4.69) is 10.2 Å². The molecule has 4 heteroatoms. The molecule has 0 radical (unpaired) electrons. The number of ether oxygens (including phenoxy) is 1. The average Bonchev–Trinajstić information content (AvgIpc) is 2.32. The lowest BCUT2D eigenvalue weighted by Crippen LogP contribution is -2.00. The minimum Gasteiger partial charge on any atom is -0.472 e. The first-order valence-corrected chi connectivity index (χ1v) is 5.72. The molecule has 1 aromatic heterocycles. The van der Waals surface area contributed by atoms with Crippen LogP contribution >= 0.6 is 11.6 Å². The highest BCUT2D eigenvalue weighted by molar-refractivity contribution is 6.31. The molecule has 88 valence electrons. The molecular formula is C13H13ClN2O. The SMILES string of the molecule is Cc1cc(OCc2ccccc2Cl)nnc1C. The number of hydrogen-bond acceptors (Lipinski definition) is 3. The van der Waals surface area contributed by atoms with Gasteiger partial charge in [-0.25, -0.2) is 0 Å². The molecule has 0 unspecified atom stereocenters. The lowest BCUT2D eigenvalue weighted by molar-refractivity contribution is 0.289. The third-order valence-electron chi connectivity index (χ3n) is 2.54. The quantitative estimate of drug-likeness (QED) is 0.836. The molecule has 1 heterocycles. The van der Waals surface area contributed by atoms with E-state index in [9.17, 15) is 0 Å². The van der Waals surface area contributed by atoms with E-state index in [1.165, 1.54) is 0 Å². The van der Waals surface area contributed by atoms with Crippen molar-refractivity contribution in [3.63, 3.8) is 0 Å². The number of nitrogens with zero attached hydrogens (tertiary/aromatic N) is 2. The minimum absolute atomic E-state index is 0.400. The Kier molecular flexibility index (Phi) is 3.59. The van der Waals surface area contributed by atoms with Gasteiger partial charge in [-0.2, -0.15) is 5.10 Å². The largest absolute Gasteiger partial charge is 0.472 e. The number of rotatable bonds is 3. The standard InChI is InChI=1S/C13H13ClN2O/c1-9-7-13(16-15-10(9)2)17-8-11-5-3-4-6-12(11)14/h3-7H,8H2,1-2H3. The zero-order valence-corrected chi connectivity index (χ0v) is 10.5. The normalized spacial score (nSPS) is 10.3. The molecule has 3 nitrogen and oxygen atoms in total. The van der Waals surface area contributed by atoms with Crippen LogP contribution in [0.1, 0.15) is 16.8 Å². The third kappa shape index (κ3) is 2.94. The molecule has 0 atom stereocenters. The van der Waals surface area contributed by atoms with Crippen molar-refractivity contribution in [2.24, 2.45) is 0 Å². The zero-order chi connectivity index (χ0) is 12.3. The van der Waals surface area contributed by atoms with Crippen molar-refractivity contribution in [2.45, 2.75) is 20.5 Å². The van der Waals surface area contributed by atoms with Gasteiger partial charge in [0.25, 0.3) is 0 Å². The summed E-state index contributed by atoms with van der Waals surface area (Å²) in [4.78, 5) is 0. The van der Waals surface area contributed by atoms with Gasteiger partial charge in [0.05, 0.1) is 5.69 Å². The highest BCUT2D eigenvalue weighted by Crippen LogP contribution is 2.17. The summed E-state index contributed by atoms with van der Waals surface area (Å²) in [6.45, 7) is 4.30. The van der Waals surface area contributed by atoms with Crippen LogP contribution in [0.25, 0.3) is 0 Å². The number of aromatic nitrogens is 2. The fourth-order valence-corrected chi connectivity index (χ4v) is 1.55. The summed E-state index contributed by atoms with van der Waals surface area (Å²) in [6.07, 6.45) is 0. The Morgan fingerprint density at radius 2 is 1.94 bits per heavy atom. The van der Waals surface area contributed by atoms with Crippen molar-refractivity contribution in [3.8, 4) is 5.88 Å². The second-order valence-electron chi connectivity index (χ2n) is 3.83. The first-order valence-electron chi connectivity index (χ1n) is 5.34. The molecule has 0 aliphatic rings. The summed E-state index contributed by atoms with van der Waals surface area (Å²) in [7, 11) is 0. The van der Waals surface area contributed by atoms with Gasteiger partial charge in [0.1, 0.15) is 6.61 Å². The Balaban J connectivity index is 2.08. The zero-order valence-electron chi connectivity index (χ0n) is 9.77. The van der Waals surface area contributed by atoms with E-state index >= 15 is 0 Å². The van der Waals surface area contributed by atoms with Gasteiger partial charge in [0.2, 0.25) is 5.88 Å². The molecule has 0 saturated heterocycles. The van der Waals surface area contributed by atoms with E-state index in [1.807, 2.05) is 44.2 Å². The smallest absolute Gasteiger partial charge is 0.233 e. The average molecular weight is 249 g/mol. The van der Waals surface area contributed by atoms with Gasteiger partial charge in [0, 0.05) is 16.7 Å². The van der Waals surface area contributed by atoms with Crippen molar-refractivity contribution in [1.82, 2.24) is 10.2 Å². The molecule has 0 aliphatic carbocycles. The second-order valence-corrected chi connectivity index (χ2v) is 4.24. The number of halogens is 1. The van der Waals surface area contributed by atoms with Crippen molar-refractivity contribution in [3.05, 3.63) is 52.2 Å². The highest BCUT2D eigenvalue weighted by atomic mass is 35.5. The van der Waals surface area contributed by atoms with E-state index in [1.54, 1.807) is 0 Å². The summed E-state index contributed by atoms with van der Waals surface area (Å²) in [5.41, 5.74) is 2.92. The highest BCUT2D eigenvalue weighted by Gasteiger charge is 2.03. The predicted octanol–water partition coefficient (Wildman–Crippen LogP) is 3.33. The van der Waals surface area contributed by atoms with Gasteiger partial charge >= 0.3 is 0 Å². The monoisotopic (exact) mass is 248 g/mol. The first-order chi connectivity index (χ1) is 8.16. The maximum atomic E-state index is 6.03. The van der Waals surface area contributed by atoms with Crippen LogP contribution in [0.5, 0.6) is 5.88 Å².